The lowest BCUT2D eigenvalue weighted by Gasteiger charge is -2.24. The molecule has 1 saturated heterocycles. The van der Waals surface area contributed by atoms with E-state index >= 15 is 0 Å². The van der Waals surface area contributed by atoms with Crippen molar-refractivity contribution in [3.05, 3.63) is 36.1 Å². The van der Waals surface area contributed by atoms with Crippen LogP contribution < -0.4 is 5.32 Å². The summed E-state index contributed by atoms with van der Waals surface area (Å²) in [5, 5.41) is 3.98. The normalized spacial score (nSPS) is 16.2. The summed E-state index contributed by atoms with van der Waals surface area (Å²) in [6.45, 7) is 4.06. The molecule has 1 aromatic heterocycles. The van der Waals surface area contributed by atoms with Crippen LogP contribution >= 0.6 is 0 Å². The third-order valence-electron chi connectivity index (χ3n) is 5.31. The molecular weight excluding hydrogens is 342 g/mol. The topological polar surface area (TPSA) is 65.8 Å². The fourth-order valence-corrected chi connectivity index (χ4v) is 3.44. The van der Waals surface area contributed by atoms with Crippen LogP contribution in [0.1, 0.15) is 50.8 Å². The lowest BCUT2D eigenvalue weighted by Crippen LogP contribution is -2.40. The maximum absolute atomic E-state index is 12.4. The van der Waals surface area contributed by atoms with Crippen molar-refractivity contribution in [2.24, 2.45) is 0 Å². The Morgan fingerprint density at radius 2 is 2.11 bits per heavy atom. The Balaban J connectivity index is 1.46. The summed E-state index contributed by atoms with van der Waals surface area (Å²) >= 11 is 0. The second kappa shape index (κ2) is 8.93. The predicted molar refractivity (Wildman–Crippen MR) is 105 cm³/mol. The molecule has 2 aromatic rings. The van der Waals surface area contributed by atoms with Gasteiger partial charge in [0, 0.05) is 38.5 Å². The number of carbonyl (C=O) groups excluding carboxylic acids is 2. The number of benzene rings is 1. The maximum atomic E-state index is 12.4. The van der Waals surface area contributed by atoms with Gasteiger partial charge in [-0.2, -0.15) is 0 Å². The van der Waals surface area contributed by atoms with Crippen LogP contribution in [0.5, 0.6) is 0 Å². The maximum Gasteiger partial charge on any atom is 0.317 e. The molecule has 0 saturated carbocycles. The number of amides is 3. The van der Waals surface area contributed by atoms with E-state index < -0.39 is 0 Å². The molecule has 1 fully saturated rings. The third-order valence-corrected chi connectivity index (χ3v) is 5.31. The van der Waals surface area contributed by atoms with Gasteiger partial charge in [-0.1, -0.05) is 24.6 Å². The monoisotopic (exact) mass is 371 g/mol. The van der Waals surface area contributed by atoms with Crippen molar-refractivity contribution in [3.8, 4) is 0 Å². The molecule has 3 rings (SSSR count). The first-order valence-corrected chi connectivity index (χ1v) is 9.83. The van der Waals surface area contributed by atoms with Gasteiger partial charge in [-0.15, -0.1) is 0 Å². The van der Waals surface area contributed by atoms with Crippen molar-refractivity contribution >= 4 is 22.9 Å². The van der Waals surface area contributed by atoms with Crippen molar-refractivity contribution in [1.82, 2.24) is 15.1 Å². The first-order chi connectivity index (χ1) is 13.1. The summed E-state index contributed by atoms with van der Waals surface area (Å²) in [7, 11) is 1.77. The van der Waals surface area contributed by atoms with Crippen molar-refractivity contribution in [3.63, 3.8) is 0 Å². The number of nitrogens with one attached hydrogen (secondary N) is 1. The van der Waals surface area contributed by atoms with E-state index in [9.17, 15) is 9.59 Å². The highest BCUT2D eigenvalue weighted by Crippen LogP contribution is 2.26. The molecule has 6 heteroatoms. The van der Waals surface area contributed by atoms with E-state index in [-0.39, 0.29) is 18.0 Å². The summed E-state index contributed by atoms with van der Waals surface area (Å²) < 4.78 is 5.86. The minimum absolute atomic E-state index is 0.134. The van der Waals surface area contributed by atoms with Crippen LogP contribution in [0, 0.1) is 0 Å². The zero-order valence-corrected chi connectivity index (χ0v) is 16.2. The Bertz CT molecular complexity index is 753. The molecule has 0 bridgehead atoms. The number of rotatable bonds is 6. The number of urea groups is 1. The van der Waals surface area contributed by atoms with Crippen molar-refractivity contribution < 1.29 is 14.0 Å². The lowest BCUT2D eigenvalue weighted by atomic mass is 10.2. The number of furan rings is 1. The quantitative estimate of drug-likeness (QED) is 0.783. The van der Waals surface area contributed by atoms with Crippen LogP contribution in [0.4, 0.5) is 4.79 Å². The van der Waals surface area contributed by atoms with E-state index in [0.29, 0.717) is 19.5 Å². The average Bonchev–Trinajstić information content (AvgIpc) is 3.01. The first-order valence-electron chi connectivity index (χ1n) is 9.83. The molecule has 2 heterocycles. The number of fused-ring (bicyclic) bond motifs is 1. The minimum atomic E-state index is -0.162. The van der Waals surface area contributed by atoms with Crippen LogP contribution in [0.3, 0.4) is 0 Å². The van der Waals surface area contributed by atoms with Gasteiger partial charge in [0.1, 0.15) is 11.3 Å². The molecule has 0 radical (unpaired) electrons. The first kappa shape index (κ1) is 19.3. The fourth-order valence-electron chi connectivity index (χ4n) is 3.44. The van der Waals surface area contributed by atoms with Gasteiger partial charge < -0.3 is 19.5 Å². The van der Waals surface area contributed by atoms with Crippen LogP contribution in [0.15, 0.2) is 34.7 Å². The molecule has 1 unspecified atom stereocenters. The second-order valence-corrected chi connectivity index (χ2v) is 7.25. The van der Waals surface area contributed by atoms with Crippen molar-refractivity contribution in [2.75, 3.05) is 26.7 Å². The van der Waals surface area contributed by atoms with E-state index in [0.717, 1.165) is 49.0 Å². The molecule has 27 heavy (non-hydrogen) atoms. The smallest absolute Gasteiger partial charge is 0.317 e. The Morgan fingerprint density at radius 1 is 1.30 bits per heavy atom. The van der Waals surface area contributed by atoms with E-state index in [4.69, 9.17) is 4.42 Å². The van der Waals surface area contributed by atoms with E-state index in [2.05, 4.69) is 5.32 Å². The van der Waals surface area contributed by atoms with Gasteiger partial charge in [-0.3, -0.25) is 4.79 Å². The highest BCUT2D eigenvalue weighted by atomic mass is 16.3. The van der Waals surface area contributed by atoms with E-state index in [1.165, 1.54) is 0 Å². The van der Waals surface area contributed by atoms with E-state index in [1.54, 1.807) is 11.9 Å². The highest BCUT2D eigenvalue weighted by molar-refractivity contribution is 5.78. The molecule has 1 N–H and O–H groups in total. The number of hydrogen-bond donors (Lipinski definition) is 1. The van der Waals surface area contributed by atoms with Crippen LogP contribution in [0.2, 0.25) is 0 Å². The standard InChI is InChI=1S/C21H29N3O3/c1-16(19-15-17-9-5-6-10-18(17)27-19)23(2)21(26)22-12-8-14-24-13-7-3-4-11-20(24)25/h5-6,9-10,15-16H,3-4,7-8,11-14H2,1-2H3,(H,22,26). The summed E-state index contributed by atoms with van der Waals surface area (Å²) in [5.74, 6) is 1.01. The Hall–Kier alpha value is -2.50. The number of carbonyl (C=O) groups is 2. The van der Waals surface area contributed by atoms with Gasteiger partial charge in [-0.05, 0) is 38.3 Å². The summed E-state index contributed by atoms with van der Waals surface area (Å²) in [6, 6.07) is 9.52. The number of hydrogen-bond acceptors (Lipinski definition) is 3. The second-order valence-electron chi connectivity index (χ2n) is 7.25. The van der Waals surface area contributed by atoms with Crippen LogP contribution in [-0.2, 0) is 4.79 Å². The molecule has 3 amide bonds. The molecular formula is C21H29N3O3. The summed E-state index contributed by atoms with van der Waals surface area (Å²) in [5.41, 5.74) is 0.829. The lowest BCUT2D eigenvalue weighted by molar-refractivity contribution is -0.130. The van der Waals surface area contributed by atoms with Crippen LogP contribution in [0.25, 0.3) is 11.0 Å². The molecule has 1 atom stereocenters. The SMILES string of the molecule is CC(c1cc2ccccc2o1)N(C)C(=O)NCCCN1CCCCCC1=O. The largest absolute Gasteiger partial charge is 0.459 e. The zero-order valence-electron chi connectivity index (χ0n) is 16.2. The average molecular weight is 371 g/mol. The highest BCUT2D eigenvalue weighted by Gasteiger charge is 2.21. The molecule has 1 aromatic carbocycles. The minimum Gasteiger partial charge on any atom is -0.459 e. The van der Waals surface area contributed by atoms with Crippen molar-refractivity contribution in [1.29, 1.82) is 0 Å². The fraction of sp³-hybridized carbons (Fsp3) is 0.524. The summed E-state index contributed by atoms with van der Waals surface area (Å²) in [4.78, 5) is 28.0. The Kier molecular flexibility index (Phi) is 6.37. The Morgan fingerprint density at radius 3 is 2.93 bits per heavy atom. The van der Waals surface area contributed by atoms with Crippen molar-refractivity contribution in [2.45, 2.75) is 45.1 Å². The van der Waals surface area contributed by atoms with Gasteiger partial charge in [0.2, 0.25) is 5.91 Å². The van der Waals surface area contributed by atoms with Gasteiger partial charge in [0.05, 0.1) is 6.04 Å². The van der Waals surface area contributed by atoms with Gasteiger partial charge in [0.25, 0.3) is 0 Å². The molecule has 146 valence electrons. The molecule has 1 aliphatic rings. The third kappa shape index (κ3) is 4.81. The van der Waals surface area contributed by atoms with E-state index in [1.807, 2.05) is 42.2 Å². The molecule has 0 spiro atoms. The van der Waals surface area contributed by atoms with Crippen LogP contribution in [-0.4, -0.2) is 48.4 Å². The number of para-hydroxylation sites is 1. The Labute approximate surface area is 160 Å². The molecule has 6 nitrogen and oxygen atoms in total. The molecule has 1 aliphatic heterocycles. The zero-order chi connectivity index (χ0) is 19.2. The number of likely N-dealkylation sites (tertiary alicyclic amines) is 1. The predicted octanol–water partition coefficient (Wildman–Crippen LogP) is 3.93. The summed E-state index contributed by atoms with van der Waals surface area (Å²) in [6.07, 6.45) is 4.63. The van der Waals surface area contributed by atoms with Gasteiger partial charge in [0.15, 0.2) is 0 Å². The van der Waals surface area contributed by atoms with Gasteiger partial charge in [-0.25, -0.2) is 4.79 Å². The van der Waals surface area contributed by atoms with Gasteiger partial charge >= 0.3 is 6.03 Å². The number of nitrogens with zero attached hydrogens (tertiary/aromatic N) is 2. The molecule has 0 aliphatic carbocycles.